The largest absolute Gasteiger partial charge is 0.367 e. The van der Waals surface area contributed by atoms with Gasteiger partial charge in [0.15, 0.2) is 0 Å². The molecule has 24 heavy (non-hydrogen) atoms. The van der Waals surface area contributed by atoms with Crippen LogP contribution in [0.4, 0.5) is 10.1 Å². The Morgan fingerprint density at radius 3 is 2.62 bits per heavy atom. The van der Waals surface area contributed by atoms with E-state index in [1.54, 1.807) is 19.1 Å². The van der Waals surface area contributed by atoms with E-state index < -0.39 is 5.82 Å². The third-order valence-corrected chi connectivity index (χ3v) is 5.40. The van der Waals surface area contributed by atoms with Gasteiger partial charge in [-0.3, -0.25) is 9.69 Å². The summed E-state index contributed by atoms with van der Waals surface area (Å²) >= 11 is 5.94. The van der Waals surface area contributed by atoms with Crippen molar-refractivity contribution in [3.05, 3.63) is 35.5 Å². The van der Waals surface area contributed by atoms with Crippen LogP contribution in [-0.2, 0) is 4.79 Å². The van der Waals surface area contributed by atoms with Crippen LogP contribution in [0.15, 0.2) is 18.2 Å². The van der Waals surface area contributed by atoms with Crippen LogP contribution in [0.2, 0.25) is 5.02 Å². The number of hydrogen-bond acceptors (Lipinski definition) is 3. The predicted molar refractivity (Wildman–Crippen MR) is 94.4 cm³/mol. The van der Waals surface area contributed by atoms with Gasteiger partial charge in [-0.25, -0.2) is 4.39 Å². The summed E-state index contributed by atoms with van der Waals surface area (Å²) in [5, 5.41) is 3.75. The van der Waals surface area contributed by atoms with Crippen LogP contribution in [-0.4, -0.2) is 47.5 Å². The third kappa shape index (κ3) is 3.67. The zero-order valence-corrected chi connectivity index (χ0v) is 14.8. The first-order valence-electron chi connectivity index (χ1n) is 8.56. The van der Waals surface area contributed by atoms with E-state index in [0.29, 0.717) is 0 Å². The van der Waals surface area contributed by atoms with E-state index >= 15 is 0 Å². The molecule has 1 unspecified atom stereocenters. The average molecular weight is 353 g/mol. The standard InChI is InChI=1S/C18H24ClFN3O/c1-14(24)22-9-11-23(12-10-22)18(7-3-2-4-8-18)21-15-5-6-17(20)16(19)13-15/h3,5-6,13,21H,2,4,7-12H2,1H3. The predicted octanol–water partition coefficient (Wildman–Crippen LogP) is 3.53. The van der Waals surface area contributed by atoms with E-state index in [4.69, 9.17) is 11.6 Å². The Balaban J connectivity index is 1.77. The van der Waals surface area contributed by atoms with Gasteiger partial charge < -0.3 is 10.2 Å². The fourth-order valence-corrected chi connectivity index (χ4v) is 3.93. The highest BCUT2D eigenvalue weighted by molar-refractivity contribution is 6.31. The van der Waals surface area contributed by atoms with Gasteiger partial charge in [-0.2, -0.15) is 0 Å². The lowest BCUT2D eigenvalue weighted by molar-refractivity contribution is -0.131. The van der Waals surface area contributed by atoms with Crippen molar-refractivity contribution in [2.24, 2.45) is 0 Å². The van der Waals surface area contributed by atoms with Crippen LogP contribution >= 0.6 is 11.6 Å². The summed E-state index contributed by atoms with van der Waals surface area (Å²) in [6.07, 6.45) is 6.52. The van der Waals surface area contributed by atoms with E-state index in [1.165, 1.54) is 6.07 Å². The number of anilines is 1. The Morgan fingerprint density at radius 1 is 1.29 bits per heavy atom. The SMILES string of the molecule is CC(=O)N1CCN(C2(Nc3ccc(F)c(Cl)c3)C[CH]CCC2)CC1. The van der Waals surface area contributed by atoms with Crippen molar-refractivity contribution >= 4 is 23.2 Å². The fourth-order valence-electron chi connectivity index (χ4n) is 3.75. The summed E-state index contributed by atoms with van der Waals surface area (Å²) in [7, 11) is 0. The van der Waals surface area contributed by atoms with E-state index in [-0.39, 0.29) is 16.6 Å². The van der Waals surface area contributed by atoms with Crippen molar-refractivity contribution in [2.75, 3.05) is 31.5 Å². The molecular weight excluding hydrogens is 329 g/mol. The van der Waals surface area contributed by atoms with Gasteiger partial charge in [-0.15, -0.1) is 0 Å². The third-order valence-electron chi connectivity index (χ3n) is 5.11. The number of benzene rings is 1. The summed E-state index contributed by atoms with van der Waals surface area (Å²) in [6.45, 7) is 4.81. The molecule has 1 radical (unpaired) electrons. The maximum absolute atomic E-state index is 13.4. The molecule has 1 saturated heterocycles. The van der Waals surface area contributed by atoms with E-state index in [1.807, 2.05) is 4.90 Å². The highest BCUT2D eigenvalue weighted by Crippen LogP contribution is 2.35. The quantitative estimate of drug-likeness (QED) is 0.904. The molecule has 4 nitrogen and oxygen atoms in total. The number of nitrogens with one attached hydrogen (secondary N) is 1. The van der Waals surface area contributed by atoms with Crippen molar-refractivity contribution in [3.63, 3.8) is 0 Å². The van der Waals surface area contributed by atoms with Gasteiger partial charge in [0.25, 0.3) is 0 Å². The van der Waals surface area contributed by atoms with Crippen molar-refractivity contribution in [1.82, 2.24) is 9.80 Å². The van der Waals surface area contributed by atoms with E-state index in [2.05, 4.69) is 16.6 Å². The average Bonchev–Trinajstić information content (AvgIpc) is 2.59. The molecular formula is C18H24ClFN3O. The number of hydrogen-bond donors (Lipinski definition) is 1. The molecule has 1 heterocycles. The minimum absolute atomic E-state index is 0.135. The molecule has 0 bridgehead atoms. The topological polar surface area (TPSA) is 35.6 Å². The number of nitrogens with zero attached hydrogens (tertiary/aromatic N) is 2. The molecule has 6 heteroatoms. The summed E-state index contributed by atoms with van der Waals surface area (Å²) in [6, 6.07) is 4.79. The molecule has 1 saturated carbocycles. The molecule has 1 aliphatic heterocycles. The fraction of sp³-hybridized carbons (Fsp3) is 0.556. The van der Waals surface area contributed by atoms with Crippen LogP contribution in [0.1, 0.15) is 32.6 Å². The molecule has 0 spiro atoms. The molecule has 1 aromatic carbocycles. The van der Waals surface area contributed by atoms with Gasteiger partial charge in [0.1, 0.15) is 5.82 Å². The smallest absolute Gasteiger partial charge is 0.219 e. The van der Waals surface area contributed by atoms with Crippen LogP contribution in [0, 0.1) is 12.2 Å². The molecule has 1 aliphatic carbocycles. The van der Waals surface area contributed by atoms with Gasteiger partial charge in [0.2, 0.25) is 5.91 Å². The molecule has 131 valence electrons. The molecule has 1 amide bonds. The number of halogens is 2. The van der Waals surface area contributed by atoms with Gasteiger partial charge in [-0.05, 0) is 50.3 Å². The summed E-state index contributed by atoms with van der Waals surface area (Å²) in [5.74, 6) is -0.265. The Labute approximate surface area is 147 Å². The molecule has 1 aromatic rings. The first-order valence-corrected chi connectivity index (χ1v) is 8.93. The maximum Gasteiger partial charge on any atom is 0.219 e. The molecule has 0 aromatic heterocycles. The first kappa shape index (κ1) is 17.5. The highest BCUT2D eigenvalue weighted by Gasteiger charge is 2.39. The van der Waals surface area contributed by atoms with Gasteiger partial charge in [-0.1, -0.05) is 11.6 Å². The number of amides is 1. The van der Waals surface area contributed by atoms with Crippen molar-refractivity contribution in [2.45, 2.75) is 38.3 Å². The number of rotatable bonds is 3. The van der Waals surface area contributed by atoms with Crippen molar-refractivity contribution < 1.29 is 9.18 Å². The number of piperazine rings is 1. The number of carbonyl (C=O) groups excluding carboxylic acids is 1. The van der Waals surface area contributed by atoms with Crippen LogP contribution < -0.4 is 5.32 Å². The second-order valence-corrected chi connectivity index (χ2v) is 7.07. The lowest BCUT2D eigenvalue weighted by Gasteiger charge is -2.50. The molecule has 3 rings (SSSR count). The second kappa shape index (κ2) is 7.28. The Hall–Kier alpha value is -1.33. The van der Waals surface area contributed by atoms with Crippen LogP contribution in [0.3, 0.4) is 0 Å². The van der Waals surface area contributed by atoms with Gasteiger partial charge in [0.05, 0.1) is 10.7 Å². The molecule has 2 aliphatic rings. The zero-order valence-electron chi connectivity index (χ0n) is 14.0. The lowest BCUT2D eigenvalue weighted by Crippen LogP contribution is -2.62. The monoisotopic (exact) mass is 352 g/mol. The van der Waals surface area contributed by atoms with Crippen LogP contribution in [0.25, 0.3) is 0 Å². The summed E-state index contributed by atoms with van der Waals surface area (Å²) in [4.78, 5) is 15.9. The Morgan fingerprint density at radius 2 is 2.04 bits per heavy atom. The molecule has 1 N–H and O–H groups in total. The normalized spacial score (nSPS) is 21.5. The molecule has 1 atom stereocenters. The summed E-state index contributed by atoms with van der Waals surface area (Å²) in [5.41, 5.74) is 0.660. The van der Waals surface area contributed by atoms with Crippen molar-refractivity contribution in [3.8, 4) is 0 Å². The number of carbonyl (C=O) groups is 1. The zero-order chi connectivity index (χ0) is 17.2. The van der Waals surface area contributed by atoms with Gasteiger partial charge >= 0.3 is 0 Å². The lowest BCUT2D eigenvalue weighted by atomic mass is 9.86. The molecule has 2 fully saturated rings. The maximum atomic E-state index is 13.4. The van der Waals surface area contributed by atoms with Gasteiger partial charge in [0, 0.05) is 38.8 Å². The van der Waals surface area contributed by atoms with Crippen molar-refractivity contribution in [1.29, 1.82) is 0 Å². The first-order chi connectivity index (χ1) is 11.5. The summed E-state index contributed by atoms with van der Waals surface area (Å²) < 4.78 is 13.4. The Kier molecular flexibility index (Phi) is 5.30. The van der Waals surface area contributed by atoms with E-state index in [0.717, 1.165) is 57.5 Å². The second-order valence-electron chi connectivity index (χ2n) is 6.66. The minimum Gasteiger partial charge on any atom is -0.367 e. The Bertz CT molecular complexity index is 596. The van der Waals surface area contributed by atoms with E-state index in [9.17, 15) is 9.18 Å². The van der Waals surface area contributed by atoms with Crippen LogP contribution in [0.5, 0.6) is 0 Å². The highest BCUT2D eigenvalue weighted by atomic mass is 35.5. The minimum atomic E-state index is -0.401.